The van der Waals surface area contributed by atoms with Gasteiger partial charge in [-0.15, -0.1) is 0 Å². The van der Waals surface area contributed by atoms with E-state index in [2.05, 4.69) is 48.1 Å². The summed E-state index contributed by atoms with van der Waals surface area (Å²) in [4.78, 5) is 12.4. The van der Waals surface area contributed by atoms with E-state index in [4.69, 9.17) is 5.26 Å². The highest BCUT2D eigenvalue weighted by molar-refractivity contribution is 9.10. The molecule has 0 unspecified atom stereocenters. The van der Waals surface area contributed by atoms with Crippen LogP contribution in [0.2, 0.25) is 0 Å². The van der Waals surface area contributed by atoms with Gasteiger partial charge in [-0.1, -0.05) is 54.9 Å². The van der Waals surface area contributed by atoms with Crippen LogP contribution in [0.5, 0.6) is 0 Å². The van der Waals surface area contributed by atoms with Crippen molar-refractivity contribution in [3.05, 3.63) is 63.6 Å². The van der Waals surface area contributed by atoms with Crippen LogP contribution in [0.25, 0.3) is 0 Å². The topological polar surface area (TPSA) is 52.9 Å². The first-order valence-electron chi connectivity index (χ1n) is 6.93. The molecule has 2 aromatic carbocycles. The highest BCUT2D eigenvalue weighted by Gasteiger charge is 2.18. The average molecular weight is 357 g/mol. The number of hydrogen-bond donors (Lipinski definition) is 1. The van der Waals surface area contributed by atoms with Crippen LogP contribution < -0.4 is 5.32 Å². The van der Waals surface area contributed by atoms with Crippen LogP contribution in [-0.2, 0) is 5.41 Å². The Labute approximate surface area is 139 Å². The molecule has 0 saturated carbocycles. The number of anilines is 1. The van der Waals surface area contributed by atoms with Gasteiger partial charge in [-0.2, -0.15) is 5.26 Å². The first-order valence-corrected chi connectivity index (χ1v) is 7.73. The summed E-state index contributed by atoms with van der Waals surface area (Å²) in [5.74, 6) is -0.233. The lowest BCUT2D eigenvalue weighted by Gasteiger charge is -2.21. The highest BCUT2D eigenvalue weighted by Crippen LogP contribution is 2.30. The molecule has 2 aromatic rings. The Kier molecular flexibility index (Phi) is 4.68. The van der Waals surface area contributed by atoms with Crippen molar-refractivity contribution in [3.8, 4) is 6.07 Å². The first kappa shape index (κ1) is 16.3. The van der Waals surface area contributed by atoms with Crippen LogP contribution in [0.4, 0.5) is 5.69 Å². The first-order chi connectivity index (χ1) is 10.3. The molecule has 112 valence electrons. The van der Waals surface area contributed by atoms with Gasteiger partial charge < -0.3 is 5.32 Å². The smallest absolute Gasteiger partial charge is 0.255 e. The number of hydrogen-bond acceptors (Lipinski definition) is 2. The molecular formula is C18H17BrN2O. The van der Waals surface area contributed by atoms with E-state index >= 15 is 0 Å². The van der Waals surface area contributed by atoms with E-state index in [1.54, 1.807) is 30.3 Å². The van der Waals surface area contributed by atoms with Crippen molar-refractivity contribution in [2.24, 2.45) is 0 Å². The lowest BCUT2D eigenvalue weighted by atomic mass is 9.86. The molecule has 0 aliphatic heterocycles. The van der Waals surface area contributed by atoms with Crippen molar-refractivity contribution in [3.63, 3.8) is 0 Å². The number of nitriles is 1. The van der Waals surface area contributed by atoms with Gasteiger partial charge in [0.2, 0.25) is 0 Å². The van der Waals surface area contributed by atoms with Crippen LogP contribution in [0.15, 0.2) is 46.9 Å². The third-order valence-electron chi connectivity index (χ3n) is 3.34. The molecule has 22 heavy (non-hydrogen) atoms. The predicted molar refractivity (Wildman–Crippen MR) is 92.0 cm³/mol. The van der Waals surface area contributed by atoms with E-state index in [1.165, 1.54) is 0 Å². The molecule has 1 amide bonds. The highest BCUT2D eigenvalue weighted by atomic mass is 79.9. The third-order valence-corrected chi connectivity index (χ3v) is 3.99. The van der Waals surface area contributed by atoms with E-state index in [0.29, 0.717) is 16.8 Å². The van der Waals surface area contributed by atoms with Crippen LogP contribution in [0.1, 0.15) is 42.3 Å². The molecule has 0 fully saturated rings. The number of halogens is 1. The summed E-state index contributed by atoms with van der Waals surface area (Å²) in [5, 5.41) is 11.8. The minimum Gasteiger partial charge on any atom is -0.321 e. The van der Waals surface area contributed by atoms with Crippen LogP contribution >= 0.6 is 15.9 Å². The number of carbonyl (C=O) groups is 1. The second-order valence-corrected chi connectivity index (χ2v) is 6.91. The number of benzene rings is 2. The Morgan fingerprint density at radius 1 is 1.18 bits per heavy atom. The van der Waals surface area contributed by atoms with E-state index in [0.717, 1.165) is 10.0 Å². The van der Waals surface area contributed by atoms with Crippen molar-refractivity contribution < 1.29 is 4.79 Å². The Morgan fingerprint density at radius 3 is 2.45 bits per heavy atom. The minimum absolute atomic E-state index is 0.00124. The number of carbonyl (C=O) groups excluding carboxylic acids is 1. The monoisotopic (exact) mass is 356 g/mol. The summed E-state index contributed by atoms with van der Waals surface area (Å²) in [5.41, 5.74) is 2.66. The standard InChI is InChI=1S/C18H17BrN2O/c1-18(2,3)14-9-8-12(10-15(14)19)17(22)21-16-7-5-4-6-13(16)11-20/h4-10H,1-3H3,(H,21,22). The lowest BCUT2D eigenvalue weighted by Crippen LogP contribution is -2.15. The van der Waals surface area contributed by atoms with Gasteiger partial charge in [-0.3, -0.25) is 4.79 Å². The molecule has 0 heterocycles. The maximum Gasteiger partial charge on any atom is 0.255 e. The summed E-state index contributed by atoms with van der Waals surface area (Å²) in [6, 6.07) is 14.6. The molecule has 0 radical (unpaired) electrons. The van der Waals surface area contributed by atoms with Gasteiger partial charge in [0.1, 0.15) is 6.07 Å². The molecule has 0 spiro atoms. The fourth-order valence-electron chi connectivity index (χ4n) is 2.15. The second kappa shape index (κ2) is 6.33. The van der Waals surface area contributed by atoms with Gasteiger partial charge in [0.05, 0.1) is 11.3 Å². The molecular weight excluding hydrogens is 340 g/mol. The Bertz CT molecular complexity index is 754. The number of amides is 1. The molecule has 2 rings (SSSR count). The fraction of sp³-hybridized carbons (Fsp3) is 0.222. The van der Waals surface area contributed by atoms with Crippen molar-refractivity contribution in [2.45, 2.75) is 26.2 Å². The van der Waals surface area contributed by atoms with Gasteiger partial charge in [0, 0.05) is 10.0 Å². The Hall–Kier alpha value is -2.12. The zero-order chi connectivity index (χ0) is 16.3. The van der Waals surface area contributed by atoms with Gasteiger partial charge in [0.25, 0.3) is 5.91 Å². The molecule has 0 saturated heterocycles. The van der Waals surface area contributed by atoms with E-state index in [9.17, 15) is 4.79 Å². The minimum atomic E-state index is -0.233. The number of nitrogens with one attached hydrogen (secondary N) is 1. The van der Waals surface area contributed by atoms with Crippen molar-refractivity contribution in [1.82, 2.24) is 0 Å². The van der Waals surface area contributed by atoms with Crippen molar-refractivity contribution >= 4 is 27.5 Å². The molecule has 0 bridgehead atoms. The third kappa shape index (κ3) is 3.55. The summed E-state index contributed by atoms with van der Waals surface area (Å²) >= 11 is 3.53. The average Bonchev–Trinajstić information content (AvgIpc) is 2.46. The SMILES string of the molecule is CC(C)(C)c1ccc(C(=O)Nc2ccccc2C#N)cc1Br. The molecule has 0 aliphatic rings. The second-order valence-electron chi connectivity index (χ2n) is 6.06. The summed E-state index contributed by atoms with van der Waals surface area (Å²) in [6.07, 6.45) is 0. The van der Waals surface area contributed by atoms with Crippen molar-refractivity contribution in [2.75, 3.05) is 5.32 Å². The summed E-state index contributed by atoms with van der Waals surface area (Å²) < 4.78 is 0.904. The van der Waals surface area contributed by atoms with Crippen LogP contribution in [0.3, 0.4) is 0 Å². The van der Waals surface area contributed by atoms with E-state index < -0.39 is 0 Å². The van der Waals surface area contributed by atoms with Crippen LogP contribution in [-0.4, -0.2) is 5.91 Å². The molecule has 1 N–H and O–H groups in total. The Morgan fingerprint density at radius 2 is 1.86 bits per heavy atom. The van der Waals surface area contributed by atoms with Gasteiger partial charge in [-0.05, 0) is 35.2 Å². The molecule has 0 aliphatic carbocycles. The maximum absolute atomic E-state index is 12.4. The van der Waals surface area contributed by atoms with Crippen LogP contribution in [0, 0.1) is 11.3 Å². The van der Waals surface area contributed by atoms with Gasteiger partial charge in [-0.25, -0.2) is 0 Å². The molecule has 4 heteroatoms. The Balaban J connectivity index is 2.28. The molecule has 3 nitrogen and oxygen atoms in total. The lowest BCUT2D eigenvalue weighted by molar-refractivity contribution is 0.102. The fourth-order valence-corrected chi connectivity index (χ4v) is 3.12. The zero-order valence-electron chi connectivity index (χ0n) is 12.8. The van der Waals surface area contributed by atoms with E-state index in [-0.39, 0.29) is 11.3 Å². The summed E-state index contributed by atoms with van der Waals surface area (Å²) in [7, 11) is 0. The number of rotatable bonds is 2. The normalized spacial score (nSPS) is 10.9. The number of para-hydroxylation sites is 1. The van der Waals surface area contributed by atoms with Gasteiger partial charge >= 0.3 is 0 Å². The largest absolute Gasteiger partial charge is 0.321 e. The summed E-state index contributed by atoms with van der Waals surface area (Å²) in [6.45, 7) is 6.36. The quantitative estimate of drug-likeness (QED) is 0.834. The van der Waals surface area contributed by atoms with Gasteiger partial charge in [0.15, 0.2) is 0 Å². The zero-order valence-corrected chi connectivity index (χ0v) is 14.4. The molecule has 0 aromatic heterocycles. The molecule has 0 atom stereocenters. The maximum atomic E-state index is 12.4. The van der Waals surface area contributed by atoms with E-state index in [1.807, 2.05) is 12.1 Å². The predicted octanol–water partition coefficient (Wildman–Crippen LogP) is 4.87. The number of nitrogens with zero attached hydrogens (tertiary/aromatic N) is 1. The van der Waals surface area contributed by atoms with Crippen molar-refractivity contribution in [1.29, 1.82) is 5.26 Å².